The fraction of sp³-hybridized carbons (Fsp3) is 0.500. The Labute approximate surface area is 170 Å². The third-order valence-corrected chi connectivity index (χ3v) is 6.50. The summed E-state index contributed by atoms with van der Waals surface area (Å²) in [5.41, 5.74) is 2.14. The van der Waals surface area contributed by atoms with E-state index < -0.39 is 5.54 Å². The molecule has 28 heavy (non-hydrogen) atoms. The van der Waals surface area contributed by atoms with Gasteiger partial charge in [0.25, 0.3) is 0 Å². The number of carbonyl (C=O) groups excluding carboxylic acids is 2. The van der Waals surface area contributed by atoms with Crippen molar-refractivity contribution in [1.29, 1.82) is 0 Å². The maximum atomic E-state index is 12.9. The van der Waals surface area contributed by atoms with E-state index in [0.29, 0.717) is 18.8 Å². The SMILES string of the molecule is COC(=O)C1(NC(=O)Cc2sc(C)nc2-c2ccc(C)cc2)CCC(C)CC1. The van der Waals surface area contributed by atoms with Crippen LogP contribution in [0.2, 0.25) is 0 Å². The van der Waals surface area contributed by atoms with Gasteiger partial charge in [0.15, 0.2) is 0 Å². The largest absolute Gasteiger partial charge is 0.467 e. The van der Waals surface area contributed by atoms with E-state index in [1.165, 1.54) is 24.0 Å². The Hall–Kier alpha value is -2.21. The lowest BCUT2D eigenvalue weighted by atomic mass is 9.77. The first kappa shape index (κ1) is 20.5. The summed E-state index contributed by atoms with van der Waals surface area (Å²) in [5.74, 6) is 0.0657. The first-order valence-electron chi connectivity index (χ1n) is 9.76. The van der Waals surface area contributed by atoms with Crippen molar-refractivity contribution in [1.82, 2.24) is 10.3 Å². The maximum Gasteiger partial charge on any atom is 0.331 e. The highest BCUT2D eigenvalue weighted by Gasteiger charge is 2.43. The molecule has 1 aliphatic carbocycles. The summed E-state index contributed by atoms with van der Waals surface area (Å²) in [5, 5.41) is 3.94. The summed E-state index contributed by atoms with van der Waals surface area (Å²) >= 11 is 1.53. The molecule has 3 rings (SSSR count). The summed E-state index contributed by atoms with van der Waals surface area (Å²) < 4.78 is 5.02. The minimum Gasteiger partial charge on any atom is -0.467 e. The number of amides is 1. The van der Waals surface area contributed by atoms with Gasteiger partial charge in [-0.1, -0.05) is 36.8 Å². The van der Waals surface area contributed by atoms with Crippen LogP contribution in [0.4, 0.5) is 0 Å². The number of benzene rings is 1. The van der Waals surface area contributed by atoms with Gasteiger partial charge in [-0.25, -0.2) is 9.78 Å². The fourth-order valence-electron chi connectivity index (χ4n) is 3.81. The van der Waals surface area contributed by atoms with Crippen LogP contribution in [0.1, 0.15) is 48.1 Å². The molecule has 1 saturated carbocycles. The number of aryl methyl sites for hydroxylation is 2. The van der Waals surface area contributed by atoms with Crippen LogP contribution < -0.4 is 5.32 Å². The smallest absolute Gasteiger partial charge is 0.331 e. The second-order valence-electron chi connectivity index (χ2n) is 7.85. The Balaban J connectivity index is 1.79. The summed E-state index contributed by atoms with van der Waals surface area (Å²) in [7, 11) is 1.39. The lowest BCUT2D eigenvalue weighted by molar-refractivity contribution is -0.153. The summed E-state index contributed by atoms with van der Waals surface area (Å²) in [6.45, 7) is 6.17. The molecule has 6 heteroatoms. The number of hydrogen-bond donors (Lipinski definition) is 1. The van der Waals surface area contributed by atoms with Gasteiger partial charge in [0, 0.05) is 10.4 Å². The molecular formula is C22H28N2O3S. The predicted molar refractivity (Wildman–Crippen MR) is 111 cm³/mol. The molecule has 0 bridgehead atoms. The molecule has 1 aromatic heterocycles. The summed E-state index contributed by atoms with van der Waals surface area (Å²) in [6, 6.07) is 8.15. The number of nitrogens with zero attached hydrogens (tertiary/aromatic N) is 1. The van der Waals surface area contributed by atoms with Gasteiger partial charge in [0.2, 0.25) is 5.91 Å². The van der Waals surface area contributed by atoms with Gasteiger partial charge in [0.05, 0.1) is 24.2 Å². The molecular weight excluding hydrogens is 372 g/mol. The number of ether oxygens (including phenoxy) is 1. The number of rotatable bonds is 5. The van der Waals surface area contributed by atoms with E-state index in [-0.39, 0.29) is 18.3 Å². The molecule has 1 aliphatic rings. The lowest BCUT2D eigenvalue weighted by Crippen LogP contribution is -2.57. The minimum atomic E-state index is -0.901. The van der Waals surface area contributed by atoms with Crippen LogP contribution in [-0.4, -0.2) is 29.5 Å². The van der Waals surface area contributed by atoms with E-state index in [4.69, 9.17) is 4.74 Å². The van der Waals surface area contributed by atoms with Crippen LogP contribution in [0.25, 0.3) is 11.3 Å². The van der Waals surface area contributed by atoms with E-state index >= 15 is 0 Å². The van der Waals surface area contributed by atoms with E-state index in [0.717, 1.165) is 34.0 Å². The zero-order valence-corrected chi connectivity index (χ0v) is 17.8. The molecule has 5 nitrogen and oxygen atoms in total. The Morgan fingerprint density at radius 1 is 1.21 bits per heavy atom. The van der Waals surface area contributed by atoms with Crippen molar-refractivity contribution in [3.63, 3.8) is 0 Å². The molecule has 1 aromatic carbocycles. The highest BCUT2D eigenvalue weighted by molar-refractivity contribution is 7.12. The Kier molecular flexibility index (Phi) is 6.18. The number of thiazole rings is 1. The molecule has 0 saturated heterocycles. The Bertz CT molecular complexity index is 849. The highest BCUT2D eigenvalue weighted by Crippen LogP contribution is 2.34. The van der Waals surface area contributed by atoms with Gasteiger partial charge in [-0.2, -0.15) is 0 Å². The van der Waals surface area contributed by atoms with E-state index in [1.807, 2.05) is 38.1 Å². The van der Waals surface area contributed by atoms with Crippen molar-refractivity contribution < 1.29 is 14.3 Å². The summed E-state index contributed by atoms with van der Waals surface area (Å²) in [6.07, 6.45) is 3.27. The van der Waals surface area contributed by atoms with Gasteiger partial charge >= 0.3 is 5.97 Å². The van der Waals surface area contributed by atoms with Crippen molar-refractivity contribution in [2.45, 2.75) is 58.4 Å². The molecule has 0 radical (unpaired) electrons. The Morgan fingerprint density at radius 2 is 1.86 bits per heavy atom. The number of esters is 1. The number of methoxy groups -OCH3 is 1. The summed E-state index contributed by atoms with van der Waals surface area (Å²) in [4.78, 5) is 30.9. The average Bonchev–Trinajstić information content (AvgIpc) is 3.03. The lowest BCUT2D eigenvalue weighted by Gasteiger charge is -2.37. The zero-order valence-electron chi connectivity index (χ0n) is 17.0. The number of nitrogens with one attached hydrogen (secondary N) is 1. The van der Waals surface area contributed by atoms with Crippen molar-refractivity contribution in [2.75, 3.05) is 7.11 Å². The second-order valence-corrected chi connectivity index (χ2v) is 9.14. The number of carbonyl (C=O) groups is 2. The highest BCUT2D eigenvalue weighted by atomic mass is 32.1. The van der Waals surface area contributed by atoms with Crippen LogP contribution in [0.3, 0.4) is 0 Å². The Morgan fingerprint density at radius 3 is 2.46 bits per heavy atom. The second kappa shape index (κ2) is 8.43. The van der Waals surface area contributed by atoms with Gasteiger partial charge < -0.3 is 10.1 Å². The van der Waals surface area contributed by atoms with E-state index in [2.05, 4.69) is 17.2 Å². The van der Waals surface area contributed by atoms with Gasteiger partial charge in [-0.3, -0.25) is 4.79 Å². The van der Waals surface area contributed by atoms with E-state index in [9.17, 15) is 9.59 Å². The van der Waals surface area contributed by atoms with Crippen molar-refractivity contribution in [3.8, 4) is 11.3 Å². The third-order valence-electron chi connectivity index (χ3n) is 5.53. The molecule has 1 N–H and O–H groups in total. The van der Waals surface area contributed by atoms with Crippen molar-refractivity contribution >= 4 is 23.2 Å². The molecule has 150 valence electrons. The van der Waals surface area contributed by atoms with E-state index in [1.54, 1.807) is 0 Å². The quantitative estimate of drug-likeness (QED) is 0.764. The standard InChI is InChI=1S/C22H28N2O3S/c1-14-5-7-17(8-6-14)20-18(28-16(3)23-20)13-19(25)24-22(21(26)27-4)11-9-15(2)10-12-22/h5-8,15H,9-13H2,1-4H3,(H,24,25). The van der Waals surface area contributed by atoms with Gasteiger partial charge in [0.1, 0.15) is 5.54 Å². The zero-order chi connectivity index (χ0) is 20.3. The fourth-order valence-corrected chi connectivity index (χ4v) is 4.77. The molecule has 2 aromatic rings. The molecule has 0 unspecified atom stereocenters. The topological polar surface area (TPSA) is 68.3 Å². The van der Waals surface area contributed by atoms with Crippen LogP contribution in [0, 0.1) is 19.8 Å². The number of hydrogen-bond acceptors (Lipinski definition) is 5. The third kappa shape index (κ3) is 4.43. The first-order chi connectivity index (χ1) is 13.3. The monoisotopic (exact) mass is 400 g/mol. The van der Waals surface area contributed by atoms with Crippen molar-refractivity contribution in [2.24, 2.45) is 5.92 Å². The van der Waals surface area contributed by atoms with Crippen LogP contribution in [0.15, 0.2) is 24.3 Å². The molecule has 0 aliphatic heterocycles. The predicted octanol–water partition coefficient (Wildman–Crippen LogP) is 4.21. The maximum absolute atomic E-state index is 12.9. The van der Waals surface area contributed by atoms with Crippen LogP contribution >= 0.6 is 11.3 Å². The molecule has 0 atom stereocenters. The van der Waals surface area contributed by atoms with Crippen LogP contribution in [-0.2, 0) is 20.7 Å². The number of aromatic nitrogens is 1. The molecule has 1 amide bonds. The van der Waals surface area contributed by atoms with Crippen LogP contribution in [0.5, 0.6) is 0 Å². The molecule has 1 heterocycles. The minimum absolute atomic E-state index is 0.156. The molecule has 0 spiro atoms. The molecule has 1 fully saturated rings. The first-order valence-corrected chi connectivity index (χ1v) is 10.6. The average molecular weight is 401 g/mol. The van der Waals surface area contributed by atoms with Gasteiger partial charge in [-0.05, 0) is 45.4 Å². The van der Waals surface area contributed by atoms with Gasteiger partial charge in [-0.15, -0.1) is 11.3 Å². The van der Waals surface area contributed by atoms with Crippen molar-refractivity contribution in [3.05, 3.63) is 39.7 Å². The normalized spacial score (nSPS) is 21.9.